The van der Waals surface area contributed by atoms with E-state index in [0.29, 0.717) is 12.8 Å². The van der Waals surface area contributed by atoms with Gasteiger partial charge in [-0.1, -0.05) is 6.92 Å². The van der Waals surface area contributed by atoms with Crippen molar-refractivity contribution < 1.29 is 23.8 Å². The Balaban J connectivity index is 2.65. The number of hydrogen-bond acceptors (Lipinski definition) is 5. The van der Waals surface area contributed by atoms with E-state index in [1.54, 1.807) is 20.8 Å². The summed E-state index contributed by atoms with van der Waals surface area (Å²) in [6, 6.07) is 0. The van der Waals surface area contributed by atoms with Crippen LogP contribution in [0, 0.1) is 5.41 Å². The Morgan fingerprint density at radius 3 is 2.69 bits per heavy atom. The highest BCUT2D eigenvalue weighted by Crippen LogP contribution is 2.29. The SMILES string of the molecule is CCC(C)(C)C(=O)OC1(C)CCOC(=O)O1. The van der Waals surface area contributed by atoms with Gasteiger partial charge in [0, 0.05) is 6.92 Å². The lowest BCUT2D eigenvalue weighted by Crippen LogP contribution is -2.44. The molecule has 92 valence electrons. The smallest absolute Gasteiger partial charge is 0.434 e. The quantitative estimate of drug-likeness (QED) is 0.696. The molecule has 1 fully saturated rings. The zero-order chi connectivity index (χ0) is 12.4. The van der Waals surface area contributed by atoms with Crippen molar-refractivity contribution in [3.8, 4) is 0 Å². The molecule has 0 spiro atoms. The maximum atomic E-state index is 11.8. The average Bonchev–Trinajstić information content (AvgIpc) is 2.16. The third-order valence-corrected chi connectivity index (χ3v) is 2.82. The number of hydrogen-bond donors (Lipinski definition) is 0. The van der Waals surface area contributed by atoms with Crippen LogP contribution in [0.4, 0.5) is 4.79 Å². The predicted octanol–water partition coefficient (Wildman–Crippen LogP) is 2.24. The second-order valence-electron chi connectivity index (χ2n) is 4.71. The minimum absolute atomic E-state index is 0.204. The highest BCUT2D eigenvalue weighted by molar-refractivity contribution is 5.76. The van der Waals surface area contributed by atoms with Crippen molar-refractivity contribution in [3.05, 3.63) is 0 Å². The van der Waals surface area contributed by atoms with E-state index in [0.717, 1.165) is 0 Å². The Kier molecular flexibility index (Phi) is 3.45. The van der Waals surface area contributed by atoms with E-state index in [2.05, 4.69) is 4.74 Å². The molecular formula is C11H18O5. The van der Waals surface area contributed by atoms with Crippen LogP contribution in [0.5, 0.6) is 0 Å². The van der Waals surface area contributed by atoms with Crippen LogP contribution >= 0.6 is 0 Å². The van der Waals surface area contributed by atoms with Crippen molar-refractivity contribution in [3.63, 3.8) is 0 Å². The van der Waals surface area contributed by atoms with E-state index >= 15 is 0 Å². The molecule has 1 aliphatic heterocycles. The second-order valence-corrected chi connectivity index (χ2v) is 4.71. The van der Waals surface area contributed by atoms with Gasteiger partial charge < -0.3 is 14.2 Å². The van der Waals surface area contributed by atoms with Crippen molar-refractivity contribution in [2.45, 2.75) is 46.3 Å². The summed E-state index contributed by atoms with van der Waals surface area (Å²) in [5.74, 6) is -1.56. The summed E-state index contributed by atoms with van der Waals surface area (Å²) in [6.07, 6.45) is 0.215. The predicted molar refractivity (Wildman–Crippen MR) is 55.6 cm³/mol. The van der Waals surface area contributed by atoms with E-state index in [1.165, 1.54) is 0 Å². The topological polar surface area (TPSA) is 61.8 Å². The van der Waals surface area contributed by atoms with Gasteiger partial charge in [-0.25, -0.2) is 4.79 Å². The van der Waals surface area contributed by atoms with Gasteiger partial charge in [0.2, 0.25) is 0 Å². The lowest BCUT2D eigenvalue weighted by Gasteiger charge is -2.34. The molecule has 0 aromatic rings. The van der Waals surface area contributed by atoms with Crippen molar-refractivity contribution in [1.29, 1.82) is 0 Å². The van der Waals surface area contributed by atoms with Gasteiger partial charge >= 0.3 is 12.1 Å². The molecule has 0 amide bonds. The van der Waals surface area contributed by atoms with Crippen LogP contribution in [0.25, 0.3) is 0 Å². The minimum Gasteiger partial charge on any atom is -0.434 e. The molecule has 1 aliphatic rings. The van der Waals surface area contributed by atoms with Crippen LogP contribution in [-0.2, 0) is 19.0 Å². The van der Waals surface area contributed by atoms with E-state index in [-0.39, 0.29) is 12.6 Å². The normalized spacial score (nSPS) is 25.6. The molecule has 0 aromatic heterocycles. The number of esters is 1. The molecule has 1 rings (SSSR count). The first-order valence-electron chi connectivity index (χ1n) is 5.38. The van der Waals surface area contributed by atoms with Crippen molar-refractivity contribution >= 4 is 12.1 Å². The van der Waals surface area contributed by atoms with Gasteiger partial charge in [-0.05, 0) is 20.3 Å². The first kappa shape index (κ1) is 12.8. The summed E-state index contributed by atoms with van der Waals surface area (Å²) in [4.78, 5) is 22.8. The number of ether oxygens (including phenoxy) is 3. The van der Waals surface area contributed by atoms with Crippen molar-refractivity contribution in [2.24, 2.45) is 5.41 Å². The van der Waals surface area contributed by atoms with Gasteiger partial charge in [0.15, 0.2) is 0 Å². The molecule has 1 saturated heterocycles. The summed E-state index contributed by atoms with van der Waals surface area (Å²) in [5, 5.41) is 0. The van der Waals surface area contributed by atoms with E-state index < -0.39 is 17.4 Å². The van der Waals surface area contributed by atoms with Crippen LogP contribution in [0.3, 0.4) is 0 Å². The Bertz CT molecular complexity index is 297. The van der Waals surface area contributed by atoms with Crippen LogP contribution in [0.1, 0.15) is 40.5 Å². The fourth-order valence-electron chi connectivity index (χ4n) is 1.13. The zero-order valence-corrected chi connectivity index (χ0v) is 10.2. The average molecular weight is 230 g/mol. The summed E-state index contributed by atoms with van der Waals surface area (Å²) in [5.41, 5.74) is -0.576. The molecular weight excluding hydrogens is 212 g/mol. The molecule has 1 unspecified atom stereocenters. The fourth-order valence-corrected chi connectivity index (χ4v) is 1.13. The van der Waals surface area contributed by atoms with E-state index in [4.69, 9.17) is 9.47 Å². The van der Waals surface area contributed by atoms with Gasteiger partial charge in [-0.15, -0.1) is 0 Å². The minimum atomic E-state index is -1.20. The molecule has 1 heterocycles. The third-order valence-electron chi connectivity index (χ3n) is 2.82. The Labute approximate surface area is 95.0 Å². The number of carbonyl (C=O) groups is 2. The zero-order valence-electron chi connectivity index (χ0n) is 10.2. The third kappa shape index (κ3) is 2.87. The molecule has 0 N–H and O–H groups in total. The number of carbonyl (C=O) groups excluding carboxylic acids is 2. The molecule has 0 aliphatic carbocycles. The molecule has 0 saturated carbocycles. The summed E-state index contributed by atoms with van der Waals surface area (Å²) < 4.78 is 14.7. The van der Waals surface area contributed by atoms with Crippen LogP contribution in [-0.4, -0.2) is 24.5 Å². The fraction of sp³-hybridized carbons (Fsp3) is 0.818. The first-order chi connectivity index (χ1) is 7.29. The number of cyclic esters (lactones) is 2. The lowest BCUT2D eigenvalue weighted by atomic mass is 9.90. The molecule has 1 atom stereocenters. The van der Waals surface area contributed by atoms with Gasteiger partial charge in [-0.2, -0.15) is 0 Å². The Morgan fingerprint density at radius 1 is 1.56 bits per heavy atom. The maximum Gasteiger partial charge on any atom is 0.511 e. The standard InChI is InChI=1S/C11H18O5/c1-5-10(2,3)8(12)15-11(4)6-7-14-9(13)16-11/h5-7H2,1-4H3. The summed E-state index contributed by atoms with van der Waals surface area (Å²) >= 11 is 0. The highest BCUT2D eigenvalue weighted by Gasteiger charge is 2.41. The van der Waals surface area contributed by atoms with Gasteiger partial charge in [0.25, 0.3) is 5.79 Å². The van der Waals surface area contributed by atoms with Crippen LogP contribution in [0.15, 0.2) is 0 Å². The second kappa shape index (κ2) is 4.31. The van der Waals surface area contributed by atoms with E-state index in [1.807, 2.05) is 6.92 Å². The van der Waals surface area contributed by atoms with Crippen molar-refractivity contribution in [1.82, 2.24) is 0 Å². The monoisotopic (exact) mass is 230 g/mol. The first-order valence-corrected chi connectivity index (χ1v) is 5.38. The molecule has 5 heteroatoms. The summed E-state index contributed by atoms with van der Waals surface area (Å²) in [6.45, 7) is 7.26. The van der Waals surface area contributed by atoms with Gasteiger partial charge in [0.1, 0.15) is 6.61 Å². The van der Waals surface area contributed by atoms with Crippen LogP contribution < -0.4 is 0 Å². The van der Waals surface area contributed by atoms with E-state index in [9.17, 15) is 9.59 Å². The molecule has 0 aromatic carbocycles. The molecule has 16 heavy (non-hydrogen) atoms. The maximum absolute atomic E-state index is 11.8. The molecule has 0 bridgehead atoms. The Morgan fingerprint density at radius 2 is 2.19 bits per heavy atom. The Hall–Kier alpha value is -1.26. The summed E-state index contributed by atoms with van der Waals surface area (Å²) in [7, 11) is 0. The number of rotatable bonds is 3. The molecule has 0 radical (unpaired) electrons. The van der Waals surface area contributed by atoms with Gasteiger partial charge in [0.05, 0.1) is 11.8 Å². The largest absolute Gasteiger partial charge is 0.511 e. The molecule has 5 nitrogen and oxygen atoms in total. The highest BCUT2D eigenvalue weighted by atomic mass is 16.8. The van der Waals surface area contributed by atoms with Crippen LogP contribution in [0.2, 0.25) is 0 Å². The van der Waals surface area contributed by atoms with Gasteiger partial charge in [-0.3, -0.25) is 4.79 Å². The lowest BCUT2D eigenvalue weighted by molar-refractivity contribution is -0.233. The van der Waals surface area contributed by atoms with Crippen molar-refractivity contribution in [2.75, 3.05) is 6.61 Å².